The van der Waals surface area contributed by atoms with Gasteiger partial charge < -0.3 is 4.90 Å². The van der Waals surface area contributed by atoms with E-state index in [1.54, 1.807) is 16.5 Å². The zero-order valence-corrected chi connectivity index (χ0v) is 17.0. The van der Waals surface area contributed by atoms with Crippen molar-refractivity contribution >= 4 is 49.1 Å². The molecule has 0 atom stereocenters. The minimum Gasteiger partial charge on any atom is -0.311 e. The molecule has 0 bridgehead atoms. The molecule has 0 spiro atoms. The molecule has 0 N–H and O–H groups in total. The number of hydrogen-bond acceptors (Lipinski definition) is 4. The minimum absolute atomic E-state index is 0.0104. The molecule has 1 aromatic carbocycles. The van der Waals surface area contributed by atoms with Crippen molar-refractivity contribution in [2.24, 2.45) is 0 Å². The van der Waals surface area contributed by atoms with Gasteiger partial charge in [-0.2, -0.15) is 0 Å². The first-order valence-electron chi connectivity index (χ1n) is 8.54. The molecule has 0 radical (unpaired) electrons. The highest BCUT2D eigenvalue weighted by Gasteiger charge is 2.24. The van der Waals surface area contributed by atoms with Gasteiger partial charge in [0, 0.05) is 30.2 Å². The summed E-state index contributed by atoms with van der Waals surface area (Å²) in [5, 5.41) is 0.591. The van der Waals surface area contributed by atoms with Crippen LogP contribution in [0.3, 0.4) is 0 Å². The number of thiophene rings is 1. The van der Waals surface area contributed by atoms with Crippen LogP contribution in [0.25, 0.3) is 10.2 Å². The van der Waals surface area contributed by atoms with Crippen LogP contribution < -0.4 is 10.5 Å². The maximum Gasteiger partial charge on any atom is 0.268 e. The largest absolute Gasteiger partial charge is 0.311 e. The van der Waals surface area contributed by atoms with Crippen molar-refractivity contribution in [3.63, 3.8) is 0 Å². The summed E-state index contributed by atoms with van der Waals surface area (Å²) in [4.78, 5) is 33.5. The zero-order chi connectivity index (χ0) is 18.4. The van der Waals surface area contributed by atoms with E-state index in [-0.39, 0.29) is 11.5 Å². The van der Waals surface area contributed by atoms with E-state index in [1.807, 2.05) is 31.2 Å². The van der Waals surface area contributed by atoms with E-state index >= 15 is 0 Å². The summed E-state index contributed by atoms with van der Waals surface area (Å²) in [6, 6.07) is 7.57. The molecule has 1 aliphatic rings. The molecule has 0 saturated carbocycles. The van der Waals surface area contributed by atoms with Gasteiger partial charge in [-0.25, -0.2) is 4.98 Å². The van der Waals surface area contributed by atoms with Gasteiger partial charge in [-0.3, -0.25) is 14.2 Å². The molecule has 0 saturated heterocycles. The SMILES string of the molecule is Cc1c(C(=O)N(C)c2ccc(Br)cc2)sc2nc3n(c(=O)c12)CCCC3. The van der Waals surface area contributed by atoms with E-state index in [0.29, 0.717) is 21.6 Å². The summed E-state index contributed by atoms with van der Waals surface area (Å²) in [7, 11) is 1.75. The molecule has 0 unspecified atom stereocenters. The number of rotatable bonds is 2. The number of nitrogens with zero attached hydrogens (tertiary/aromatic N) is 3. The van der Waals surface area contributed by atoms with Gasteiger partial charge >= 0.3 is 0 Å². The van der Waals surface area contributed by atoms with Crippen LogP contribution >= 0.6 is 27.3 Å². The summed E-state index contributed by atoms with van der Waals surface area (Å²) in [6.45, 7) is 2.56. The number of anilines is 1. The second kappa shape index (κ2) is 6.63. The molecule has 134 valence electrons. The fraction of sp³-hybridized carbons (Fsp3) is 0.316. The van der Waals surface area contributed by atoms with E-state index in [2.05, 4.69) is 20.9 Å². The van der Waals surface area contributed by atoms with Crippen LogP contribution in [-0.2, 0) is 13.0 Å². The lowest BCUT2D eigenvalue weighted by Gasteiger charge is -2.17. The Labute approximate surface area is 163 Å². The normalized spacial score (nSPS) is 13.7. The average molecular weight is 432 g/mol. The van der Waals surface area contributed by atoms with E-state index in [4.69, 9.17) is 0 Å². The molecule has 1 aliphatic heterocycles. The van der Waals surface area contributed by atoms with Crippen LogP contribution in [0.2, 0.25) is 0 Å². The van der Waals surface area contributed by atoms with Crippen molar-refractivity contribution in [3.05, 3.63) is 55.4 Å². The number of amides is 1. The first-order chi connectivity index (χ1) is 12.5. The van der Waals surface area contributed by atoms with E-state index < -0.39 is 0 Å². The molecule has 1 amide bonds. The summed E-state index contributed by atoms with van der Waals surface area (Å²) in [5.41, 5.74) is 1.53. The molecule has 7 heteroatoms. The quantitative estimate of drug-likeness (QED) is 0.612. The first kappa shape index (κ1) is 17.4. The summed E-state index contributed by atoms with van der Waals surface area (Å²) < 4.78 is 2.74. The Kier molecular flexibility index (Phi) is 4.44. The van der Waals surface area contributed by atoms with Gasteiger partial charge in [-0.15, -0.1) is 11.3 Å². The molecule has 3 heterocycles. The highest BCUT2D eigenvalue weighted by Crippen LogP contribution is 2.30. The highest BCUT2D eigenvalue weighted by atomic mass is 79.9. The summed E-state index contributed by atoms with van der Waals surface area (Å²) in [6.07, 6.45) is 2.88. The Hall–Kier alpha value is -1.99. The second-order valence-corrected chi connectivity index (χ2v) is 8.43. The number of carbonyl (C=O) groups is 1. The average Bonchev–Trinajstić information content (AvgIpc) is 2.98. The third-order valence-electron chi connectivity index (χ3n) is 4.87. The summed E-state index contributed by atoms with van der Waals surface area (Å²) in [5.74, 6) is 0.727. The number of carbonyl (C=O) groups excluding carboxylic acids is 1. The maximum absolute atomic E-state index is 13.0. The highest BCUT2D eigenvalue weighted by molar-refractivity contribution is 9.10. The van der Waals surface area contributed by atoms with Crippen molar-refractivity contribution in [1.29, 1.82) is 0 Å². The van der Waals surface area contributed by atoms with Gasteiger partial charge in [0.1, 0.15) is 10.7 Å². The third-order valence-corrected chi connectivity index (χ3v) is 6.58. The number of aromatic nitrogens is 2. The van der Waals surface area contributed by atoms with E-state index in [1.165, 1.54) is 11.3 Å². The Bertz CT molecular complexity index is 1070. The minimum atomic E-state index is -0.116. The molecule has 3 aromatic rings. The fourth-order valence-corrected chi connectivity index (χ4v) is 4.80. The van der Waals surface area contributed by atoms with E-state index in [0.717, 1.165) is 40.8 Å². The van der Waals surface area contributed by atoms with Crippen LogP contribution in [0.1, 0.15) is 33.9 Å². The Morgan fingerprint density at radius 1 is 1.27 bits per heavy atom. The van der Waals surface area contributed by atoms with Gasteiger partial charge in [-0.1, -0.05) is 15.9 Å². The lowest BCUT2D eigenvalue weighted by atomic mass is 10.1. The molecular weight excluding hydrogens is 414 g/mol. The smallest absolute Gasteiger partial charge is 0.268 e. The number of hydrogen-bond donors (Lipinski definition) is 0. The van der Waals surface area contributed by atoms with Gasteiger partial charge in [0.15, 0.2) is 0 Å². The first-order valence-corrected chi connectivity index (χ1v) is 10.1. The lowest BCUT2D eigenvalue weighted by molar-refractivity contribution is 0.0996. The maximum atomic E-state index is 13.0. The van der Waals surface area contributed by atoms with Crippen molar-refractivity contribution in [3.8, 4) is 0 Å². The lowest BCUT2D eigenvalue weighted by Crippen LogP contribution is -2.28. The van der Waals surface area contributed by atoms with Crippen LogP contribution in [0.4, 0.5) is 5.69 Å². The molecule has 0 fully saturated rings. The molecule has 5 nitrogen and oxygen atoms in total. The Morgan fingerprint density at radius 2 is 2.00 bits per heavy atom. The van der Waals surface area contributed by atoms with Crippen LogP contribution in [0.15, 0.2) is 33.5 Å². The summed E-state index contributed by atoms with van der Waals surface area (Å²) >= 11 is 4.73. The van der Waals surface area contributed by atoms with Crippen LogP contribution in [-0.4, -0.2) is 22.5 Å². The standard InChI is InChI=1S/C19H18BrN3O2S/c1-11-15-17(21-14-5-3-4-10-23(14)18(15)24)26-16(11)19(25)22(2)13-8-6-12(20)7-9-13/h6-9H,3-5,10H2,1-2H3. The predicted octanol–water partition coefficient (Wildman–Crippen LogP) is 4.14. The zero-order valence-electron chi connectivity index (χ0n) is 14.6. The molecule has 26 heavy (non-hydrogen) atoms. The van der Waals surface area contributed by atoms with Gasteiger partial charge in [0.25, 0.3) is 11.5 Å². The molecule has 4 rings (SSSR count). The number of fused-ring (bicyclic) bond motifs is 2. The van der Waals surface area contributed by atoms with Gasteiger partial charge in [0.2, 0.25) is 0 Å². The third kappa shape index (κ3) is 2.79. The fourth-order valence-electron chi connectivity index (χ4n) is 3.37. The van der Waals surface area contributed by atoms with Crippen molar-refractivity contribution < 1.29 is 4.79 Å². The Balaban J connectivity index is 1.80. The molecular formula is C19H18BrN3O2S. The topological polar surface area (TPSA) is 55.2 Å². The predicted molar refractivity (Wildman–Crippen MR) is 108 cm³/mol. The van der Waals surface area contributed by atoms with E-state index in [9.17, 15) is 9.59 Å². The second-order valence-electron chi connectivity index (χ2n) is 6.52. The van der Waals surface area contributed by atoms with Crippen LogP contribution in [0, 0.1) is 6.92 Å². The number of aryl methyl sites for hydroxylation is 2. The van der Waals surface area contributed by atoms with Crippen molar-refractivity contribution in [2.75, 3.05) is 11.9 Å². The number of benzene rings is 1. The number of halogens is 1. The molecule has 2 aromatic heterocycles. The van der Waals surface area contributed by atoms with Gasteiger partial charge in [-0.05, 0) is 49.6 Å². The van der Waals surface area contributed by atoms with Crippen molar-refractivity contribution in [1.82, 2.24) is 9.55 Å². The van der Waals surface area contributed by atoms with Crippen molar-refractivity contribution in [2.45, 2.75) is 32.7 Å². The molecule has 0 aliphatic carbocycles. The monoisotopic (exact) mass is 431 g/mol. The van der Waals surface area contributed by atoms with Gasteiger partial charge in [0.05, 0.1) is 10.3 Å². The van der Waals surface area contributed by atoms with Crippen LogP contribution in [0.5, 0.6) is 0 Å². The Morgan fingerprint density at radius 3 is 2.73 bits per heavy atom.